The van der Waals surface area contributed by atoms with E-state index in [0.29, 0.717) is 6.54 Å². The average molecular weight is 344 g/mol. The lowest BCUT2D eigenvalue weighted by Gasteiger charge is -2.06. The molecular weight excluding hydrogens is 329 g/mol. The number of aromatic nitrogens is 2. The molecule has 1 amide bonds. The third kappa shape index (κ3) is 3.46. The van der Waals surface area contributed by atoms with Crippen LogP contribution in [-0.4, -0.2) is 15.7 Å². The zero-order chi connectivity index (χ0) is 17.1. The topological polar surface area (TPSA) is 46.9 Å². The molecule has 0 fully saturated rings. The van der Waals surface area contributed by atoms with Crippen LogP contribution in [0.1, 0.15) is 21.7 Å². The van der Waals surface area contributed by atoms with Gasteiger partial charge in [-0.3, -0.25) is 9.48 Å². The van der Waals surface area contributed by atoms with Gasteiger partial charge < -0.3 is 5.32 Å². The van der Waals surface area contributed by atoms with Crippen molar-refractivity contribution in [3.63, 3.8) is 0 Å². The first-order valence-electron chi connectivity index (χ1n) is 7.38. The molecule has 3 aromatic rings. The van der Waals surface area contributed by atoms with Crippen LogP contribution in [0.5, 0.6) is 0 Å². The maximum absolute atomic E-state index is 13.9. The molecule has 0 saturated carbocycles. The number of halogens is 2. The fourth-order valence-electron chi connectivity index (χ4n) is 2.32. The Morgan fingerprint density at radius 3 is 2.71 bits per heavy atom. The van der Waals surface area contributed by atoms with Crippen molar-refractivity contribution in [1.82, 2.24) is 9.78 Å². The van der Waals surface area contributed by atoms with Gasteiger partial charge >= 0.3 is 0 Å². The van der Waals surface area contributed by atoms with Crippen LogP contribution in [0.25, 0.3) is 0 Å². The summed E-state index contributed by atoms with van der Waals surface area (Å²) < 4.78 is 15.6. The highest BCUT2D eigenvalue weighted by molar-refractivity contribution is 6.31. The van der Waals surface area contributed by atoms with Gasteiger partial charge in [-0.25, -0.2) is 4.39 Å². The number of aryl methyl sites for hydroxylation is 1. The molecule has 6 heteroatoms. The molecule has 0 saturated heterocycles. The van der Waals surface area contributed by atoms with Gasteiger partial charge in [-0.05, 0) is 30.7 Å². The molecule has 0 unspecified atom stereocenters. The van der Waals surface area contributed by atoms with Gasteiger partial charge in [-0.2, -0.15) is 5.10 Å². The minimum absolute atomic E-state index is 0.0303. The normalized spacial score (nSPS) is 10.6. The Labute approximate surface area is 143 Å². The lowest BCUT2D eigenvalue weighted by atomic mass is 10.2. The Kier molecular flexibility index (Phi) is 4.62. The molecular formula is C18H15ClFN3O. The maximum atomic E-state index is 13.9. The zero-order valence-electron chi connectivity index (χ0n) is 13.0. The predicted molar refractivity (Wildman–Crippen MR) is 91.9 cm³/mol. The van der Waals surface area contributed by atoms with Crippen LogP contribution in [0, 0.1) is 12.7 Å². The molecule has 0 aliphatic carbocycles. The molecule has 24 heavy (non-hydrogen) atoms. The van der Waals surface area contributed by atoms with E-state index in [1.54, 1.807) is 16.8 Å². The van der Waals surface area contributed by atoms with Gasteiger partial charge in [-0.1, -0.05) is 48.0 Å². The highest BCUT2D eigenvalue weighted by Crippen LogP contribution is 2.22. The number of amides is 1. The van der Waals surface area contributed by atoms with E-state index in [0.717, 1.165) is 11.3 Å². The minimum atomic E-state index is -0.659. The number of nitrogens with one attached hydrogen (secondary N) is 1. The molecule has 0 atom stereocenters. The Morgan fingerprint density at radius 2 is 1.96 bits per heavy atom. The van der Waals surface area contributed by atoms with Crippen LogP contribution in [0.4, 0.5) is 10.1 Å². The first-order chi connectivity index (χ1) is 11.5. The molecule has 0 bridgehead atoms. The summed E-state index contributed by atoms with van der Waals surface area (Å²) in [5.74, 6) is -1.14. The van der Waals surface area contributed by atoms with Crippen LogP contribution >= 0.6 is 11.6 Å². The number of nitrogens with zero attached hydrogens (tertiary/aromatic N) is 2. The summed E-state index contributed by atoms with van der Waals surface area (Å²) in [7, 11) is 0. The highest BCUT2D eigenvalue weighted by atomic mass is 35.5. The van der Waals surface area contributed by atoms with Crippen molar-refractivity contribution in [2.45, 2.75) is 13.5 Å². The highest BCUT2D eigenvalue weighted by Gasteiger charge is 2.15. The van der Waals surface area contributed by atoms with Crippen molar-refractivity contribution in [2.75, 3.05) is 5.32 Å². The van der Waals surface area contributed by atoms with Gasteiger partial charge in [0, 0.05) is 5.69 Å². The number of rotatable bonds is 4. The molecule has 4 nitrogen and oxygen atoms in total. The van der Waals surface area contributed by atoms with Gasteiger partial charge in [0.25, 0.3) is 5.91 Å². The van der Waals surface area contributed by atoms with E-state index in [1.807, 2.05) is 37.3 Å². The Balaban J connectivity index is 1.79. The summed E-state index contributed by atoms with van der Waals surface area (Å²) in [6.45, 7) is 2.43. The number of carbonyl (C=O) groups excluding carboxylic acids is 1. The number of hydrogen-bond acceptors (Lipinski definition) is 2. The molecule has 122 valence electrons. The second-order valence-corrected chi connectivity index (χ2v) is 5.78. The average Bonchev–Trinajstić information content (AvgIpc) is 2.94. The van der Waals surface area contributed by atoms with Crippen LogP contribution < -0.4 is 5.32 Å². The van der Waals surface area contributed by atoms with Crippen molar-refractivity contribution in [1.29, 1.82) is 0 Å². The molecule has 0 aliphatic heterocycles. The molecule has 0 aliphatic rings. The summed E-state index contributed by atoms with van der Waals surface area (Å²) in [5.41, 5.74) is 2.18. The molecule has 1 N–H and O–H groups in total. The zero-order valence-corrected chi connectivity index (χ0v) is 13.7. The van der Waals surface area contributed by atoms with E-state index in [1.165, 1.54) is 12.1 Å². The summed E-state index contributed by atoms with van der Waals surface area (Å²) >= 11 is 5.72. The summed E-state index contributed by atoms with van der Waals surface area (Å²) in [6, 6.07) is 15.9. The summed E-state index contributed by atoms with van der Waals surface area (Å²) in [4.78, 5) is 12.3. The van der Waals surface area contributed by atoms with E-state index in [-0.39, 0.29) is 16.4 Å². The van der Waals surface area contributed by atoms with Crippen molar-refractivity contribution >= 4 is 23.2 Å². The first-order valence-corrected chi connectivity index (χ1v) is 7.76. The second kappa shape index (κ2) is 6.84. The second-order valence-electron chi connectivity index (χ2n) is 5.37. The van der Waals surface area contributed by atoms with Crippen molar-refractivity contribution < 1.29 is 9.18 Å². The Bertz CT molecular complexity index is 877. The Morgan fingerprint density at radius 1 is 1.21 bits per heavy atom. The fourth-order valence-corrected chi connectivity index (χ4v) is 2.50. The molecule has 0 radical (unpaired) electrons. The molecule has 1 heterocycles. The predicted octanol–water partition coefficient (Wildman–Crippen LogP) is 4.28. The monoisotopic (exact) mass is 343 g/mol. The smallest absolute Gasteiger partial charge is 0.276 e. The first kappa shape index (κ1) is 16.2. The summed E-state index contributed by atoms with van der Waals surface area (Å²) in [6.07, 6.45) is 0. The van der Waals surface area contributed by atoms with E-state index in [4.69, 9.17) is 11.6 Å². The number of hydrogen-bond donors (Lipinski definition) is 1. The number of benzene rings is 2. The van der Waals surface area contributed by atoms with E-state index in [9.17, 15) is 9.18 Å². The van der Waals surface area contributed by atoms with Crippen LogP contribution in [0.2, 0.25) is 5.02 Å². The summed E-state index contributed by atoms with van der Waals surface area (Å²) in [5, 5.41) is 6.76. The third-order valence-corrected chi connectivity index (χ3v) is 3.88. The standard InChI is InChI=1S/C18H15ClFN3O/c1-12-10-16(22-23(12)11-13-6-3-2-4-7-13)18(24)21-15-9-5-8-14(19)17(15)20/h2-10H,11H2,1H3,(H,21,24). The largest absolute Gasteiger partial charge is 0.318 e. The number of carbonyl (C=O) groups is 1. The Hall–Kier alpha value is -2.66. The SMILES string of the molecule is Cc1cc(C(=O)Nc2cccc(Cl)c2F)nn1Cc1ccccc1. The van der Waals surface area contributed by atoms with Crippen LogP contribution in [0.15, 0.2) is 54.6 Å². The molecule has 2 aromatic carbocycles. The van der Waals surface area contributed by atoms with Crippen molar-refractivity contribution in [2.24, 2.45) is 0 Å². The van der Waals surface area contributed by atoms with Gasteiger partial charge in [0.1, 0.15) is 0 Å². The van der Waals surface area contributed by atoms with E-state index >= 15 is 0 Å². The lowest BCUT2D eigenvalue weighted by Crippen LogP contribution is -2.14. The van der Waals surface area contributed by atoms with Gasteiger partial charge in [0.2, 0.25) is 0 Å². The van der Waals surface area contributed by atoms with Crippen LogP contribution in [-0.2, 0) is 6.54 Å². The molecule has 0 spiro atoms. The van der Waals surface area contributed by atoms with Crippen molar-refractivity contribution in [3.05, 3.63) is 82.4 Å². The molecule has 3 rings (SSSR count). The third-order valence-electron chi connectivity index (χ3n) is 3.59. The lowest BCUT2D eigenvalue weighted by molar-refractivity contribution is 0.102. The molecule has 1 aromatic heterocycles. The fraction of sp³-hybridized carbons (Fsp3) is 0.111. The van der Waals surface area contributed by atoms with E-state index < -0.39 is 11.7 Å². The van der Waals surface area contributed by atoms with Gasteiger partial charge in [0.15, 0.2) is 11.5 Å². The maximum Gasteiger partial charge on any atom is 0.276 e. The number of anilines is 1. The minimum Gasteiger partial charge on any atom is -0.318 e. The van der Waals surface area contributed by atoms with Gasteiger partial charge in [-0.15, -0.1) is 0 Å². The van der Waals surface area contributed by atoms with Gasteiger partial charge in [0.05, 0.1) is 17.3 Å². The van der Waals surface area contributed by atoms with E-state index in [2.05, 4.69) is 10.4 Å². The van der Waals surface area contributed by atoms with Crippen molar-refractivity contribution in [3.8, 4) is 0 Å². The quantitative estimate of drug-likeness (QED) is 0.768. The van der Waals surface area contributed by atoms with Crippen LogP contribution in [0.3, 0.4) is 0 Å².